The van der Waals surface area contributed by atoms with Crippen molar-refractivity contribution in [1.82, 2.24) is 4.98 Å². The Morgan fingerprint density at radius 3 is 2.71 bits per heavy atom. The Balaban J connectivity index is 3.28. The number of carbonyl (C=O) groups is 1. The predicted molar refractivity (Wildman–Crippen MR) is 67.2 cm³/mol. The molecule has 1 aromatic rings. The molecule has 1 rings (SSSR count). The topological polar surface area (TPSA) is 39.2 Å². The number of hydrogen-bond acceptors (Lipinski definition) is 3. The van der Waals surface area contributed by atoms with Gasteiger partial charge in [-0.05, 0) is 28.2 Å². The maximum atomic E-state index is 12.8. The van der Waals surface area contributed by atoms with Gasteiger partial charge in [0.15, 0.2) is 0 Å². The van der Waals surface area contributed by atoms with E-state index < -0.39 is 12.4 Å². The molecule has 3 nitrogen and oxygen atoms in total. The highest BCUT2D eigenvalue weighted by molar-refractivity contribution is 14.1. The fourth-order valence-corrected chi connectivity index (χ4v) is 2.50. The van der Waals surface area contributed by atoms with Crippen molar-refractivity contribution < 1.29 is 18.3 Å². The number of hydrogen-bond donors (Lipinski definition) is 0. The highest BCUT2D eigenvalue weighted by Crippen LogP contribution is 2.28. The molecule has 0 saturated heterocycles. The lowest BCUT2D eigenvalue weighted by Gasteiger charge is -2.13. The average Bonchev–Trinajstić information content (AvgIpc) is 2.28. The minimum absolute atomic E-state index is 0.0260. The van der Waals surface area contributed by atoms with Crippen molar-refractivity contribution >= 4 is 40.2 Å². The molecule has 7 heteroatoms. The monoisotopic (exact) mass is 375 g/mol. The number of aromatic nitrogens is 1. The summed E-state index contributed by atoms with van der Waals surface area (Å²) < 4.78 is 30.6. The van der Waals surface area contributed by atoms with Crippen LogP contribution in [-0.4, -0.2) is 18.1 Å². The van der Waals surface area contributed by atoms with E-state index in [0.29, 0.717) is 9.26 Å². The summed E-state index contributed by atoms with van der Waals surface area (Å²) >= 11 is 7.59. The summed E-state index contributed by atoms with van der Waals surface area (Å²) in [5.41, 5.74) is 0.392. The molecule has 0 amide bonds. The van der Waals surface area contributed by atoms with E-state index in [9.17, 15) is 13.6 Å². The van der Waals surface area contributed by atoms with Crippen molar-refractivity contribution in [2.45, 2.75) is 18.7 Å². The van der Waals surface area contributed by atoms with E-state index in [2.05, 4.69) is 9.72 Å². The molecule has 0 aliphatic heterocycles. The third kappa shape index (κ3) is 3.48. The van der Waals surface area contributed by atoms with Crippen molar-refractivity contribution in [1.29, 1.82) is 0 Å². The van der Waals surface area contributed by atoms with Gasteiger partial charge < -0.3 is 4.74 Å². The number of ether oxygens (including phenoxy) is 1. The van der Waals surface area contributed by atoms with Gasteiger partial charge in [0.05, 0.1) is 19.4 Å². The van der Waals surface area contributed by atoms with Crippen LogP contribution in [0.1, 0.15) is 23.1 Å². The number of alkyl halides is 3. The first kappa shape index (κ1) is 14.6. The number of esters is 1. The quantitative estimate of drug-likeness (QED) is 0.351. The van der Waals surface area contributed by atoms with Crippen molar-refractivity contribution in [2.24, 2.45) is 0 Å². The van der Waals surface area contributed by atoms with E-state index >= 15 is 0 Å². The molecule has 1 aromatic heterocycles. The smallest absolute Gasteiger partial charge is 0.310 e. The molecule has 0 atom stereocenters. The lowest BCUT2D eigenvalue weighted by atomic mass is 10.0. The number of halogens is 4. The van der Waals surface area contributed by atoms with Crippen LogP contribution in [0.3, 0.4) is 0 Å². The molecule has 0 aliphatic rings. The minimum Gasteiger partial charge on any atom is -0.469 e. The van der Waals surface area contributed by atoms with Gasteiger partial charge in [-0.1, -0.05) is 0 Å². The first-order chi connectivity index (χ1) is 8.01. The molecule has 0 bridgehead atoms. The third-order valence-electron chi connectivity index (χ3n) is 2.20. The first-order valence-corrected chi connectivity index (χ1v) is 6.19. The van der Waals surface area contributed by atoms with Gasteiger partial charge in [0.2, 0.25) is 0 Å². The van der Waals surface area contributed by atoms with Crippen LogP contribution in [0.2, 0.25) is 0 Å². The number of methoxy groups -OCH3 is 1. The molecule has 17 heavy (non-hydrogen) atoms. The molecule has 0 N–H and O–H groups in total. The normalized spacial score (nSPS) is 10.7. The standard InChI is InChI=1S/C10H9ClF2INO2/c1-17-8(16)2-5-6(3-11)10(14)15-4-7(5)9(12)13/h4,9H,2-3H2,1H3. The van der Waals surface area contributed by atoms with Gasteiger partial charge in [-0.3, -0.25) is 4.79 Å². The van der Waals surface area contributed by atoms with Crippen molar-refractivity contribution in [3.8, 4) is 0 Å². The van der Waals surface area contributed by atoms with Crippen LogP contribution >= 0.6 is 34.2 Å². The maximum absolute atomic E-state index is 12.8. The van der Waals surface area contributed by atoms with Crippen LogP contribution in [-0.2, 0) is 21.8 Å². The third-order valence-corrected chi connectivity index (χ3v) is 3.39. The lowest BCUT2D eigenvalue weighted by molar-refractivity contribution is -0.139. The highest BCUT2D eigenvalue weighted by atomic mass is 127. The second-order valence-electron chi connectivity index (χ2n) is 3.15. The fourth-order valence-electron chi connectivity index (χ4n) is 1.33. The zero-order valence-corrected chi connectivity index (χ0v) is 11.8. The molecule has 0 aromatic carbocycles. The van der Waals surface area contributed by atoms with Crippen LogP contribution < -0.4 is 0 Å². The van der Waals surface area contributed by atoms with Crippen molar-refractivity contribution in [2.75, 3.05) is 7.11 Å². The Bertz CT molecular complexity index is 429. The number of rotatable bonds is 4. The van der Waals surface area contributed by atoms with E-state index in [1.54, 1.807) is 0 Å². The average molecular weight is 376 g/mol. The fraction of sp³-hybridized carbons (Fsp3) is 0.400. The summed E-state index contributed by atoms with van der Waals surface area (Å²) in [5.74, 6) is -0.557. The van der Waals surface area contributed by atoms with E-state index in [1.807, 2.05) is 22.6 Å². The molecule has 0 spiro atoms. The van der Waals surface area contributed by atoms with Crippen LogP contribution in [0.25, 0.3) is 0 Å². The molecular formula is C10H9ClF2INO2. The molecule has 0 aliphatic carbocycles. The highest BCUT2D eigenvalue weighted by Gasteiger charge is 2.21. The largest absolute Gasteiger partial charge is 0.469 e. The second kappa shape index (κ2) is 6.44. The summed E-state index contributed by atoms with van der Waals surface area (Å²) in [6.45, 7) is 0. The summed E-state index contributed by atoms with van der Waals surface area (Å²) in [5, 5.41) is 0. The van der Waals surface area contributed by atoms with Crippen molar-refractivity contribution in [3.63, 3.8) is 0 Å². The first-order valence-electron chi connectivity index (χ1n) is 4.58. The molecule has 94 valence electrons. The summed E-state index contributed by atoms with van der Waals surface area (Å²) in [7, 11) is 1.21. The number of carbonyl (C=O) groups excluding carboxylic acids is 1. The van der Waals surface area contributed by atoms with E-state index in [-0.39, 0.29) is 23.4 Å². The van der Waals surface area contributed by atoms with Crippen LogP contribution in [0.4, 0.5) is 8.78 Å². The van der Waals surface area contributed by atoms with Gasteiger partial charge in [0.25, 0.3) is 6.43 Å². The number of pyridine rings is 1. The molecule has 0 fully saturated rings. The van der Waals surface area contributed by atoms with Crippen molar-refractivity contribution in [3.05, 3.63) is 26.6 Å². The molecular weight excluding hydrogens is 366 g/mol. The molecule has 1 heterocycles. The Kier molecular flexibility index (Phi) is 5.51. The van der Waals surface area contributed by atoms with Gasteiger partial charge in [0, 0.05) is 17.3 Å². The van der Waals surface area contributed by atoms with E-state index in [4.69, 9.17) is 11.6 Å². The number of nitrogens with zero attached hydrogens (tertiary/aromatic N) is 1. The molecule has 0 saturated carbocycles. The summed E-state index contributed by atoms with van der Waals surface area (Å²) in [6, 6.07) is 0. The second-order valence-corrected chi connectivity index (χ2v) is 4.44. The van der Waals surface area contributed by atoms with Gasteiger partial charge in [-0.25, -0.2) is 13.8 Å². The van der Waals surface area contributed by atoms with E-state index in [0.717, 1.165) is 6.20 Å². The molecule has 0 unspecified atom stereocenters. The van der Waals surface area contributed by atoms with E-state index in [1.165, 1.54) is 7.11 Å². The minimum atomic E-state index is -2.69. The summed E-state index contributed by atoms with van der Waals surface area (Å²) in [6.07, 6.45) is -1.85. The Morgan fingerprint density at radius 2 is 2.24 bits per heavy atom. The van der Waals surface area contributed by atoms with Gasteiger partial charge in [-0.2, -0.15) is 0 Å². The van der Waals surface area contributed by atoms with Gasteiger partial charge in [0.1, 0.15) is 3.70 Å². The van der Waals surface area contributed by atoms with Crippen LogP contribution in [0.5, 0.6) is 0 Å². The zero-order valence-electron chi connectivity index (χ0n) is 8.84. The maximum Gasteiger partial charge on any atom is 0.310 e. The Hall–Kier alpha value is -0.500. The summed E-state index contributed by atoms with van der Waals surface area (Å²) in [4.78, 5) is 15.0. The van der Waals surface area contributed by atoms with Crippen LogP contribution in [0.15, 0.2) is 6.20 Å². The van der Waals surface area contributed by atoms with Gasteiger partial charge >= 0.3 is 5.97 Å². The van der Waals surface area contributed by atoms with Crippen LogP contribution in [0, 0.1) is 3.70 Å². The lowest BCUT2D eigenvalue weighted by Crippen LogP contribution is -2.11. The predicted octanol–water partition coefficient (Wildman–Crippen LogP) is 3.08. The molecule has 0 radical (unpaired) electrons. The Morgan fingerprint density at radius 1 is 1.59 bits per heavy atom. The Labute approximate surface area is 116 Å². The SMILES string of the molecule is COC(=O)Cc1c(C(F)F)cnc(I)c1CCl. The zero-order chi connectivity index (χ0) is 13.0. The van der Waals surface area contributed by atoms with Gasteiger partial charge in [-0.15, -0.1) is 11.6 Å².